The topological polar surface area (TPSA) is 95.0 Å². The Labute approximate surface area is 106 Å². The van der Waals surface area contributed by atoms with Crippen LogP contribution in [0.15, 0.2) is 12.3 Å². The molecule has 0 radical (unpaired) electrons. The van der Waals surface area contributed by atoms with Gasteiger partial charge in [0.2, 0.25) is 5.91 Å². The zero-order valence-electron chi connectivity index (χ0n) is 10.8. The quantitative estimate of drug-likeness (QED) is 0.800. The first-order chi connectivity index (χ1) is 8.49. The maximum atomic E-state index is 11.4. The number of nitrogens with one attached hydrogen (secondary N) is 1. The first-order valence-electron chi connectivity index (χ1n) is 5.58. The molecule has 1 amide bonds. The summed E-state index contributed by atoms with van der Waals surface area (Å²) < 4.78 is 0. The van der Waals surface area contributed by atoms with Gasteiger partial charge in [-0.2, -0.15) is 5.26 Å². The molecule has 1 aromatic rings. The highest BCUT2D eigenvalue weighted by atomic mass is 16.1. The van der Waals surface area contributed by atoms with Gasteiger partial charge in [0.1, 0.15) is 6.07 Å². The smallest absolute Gasteiger partial charge is 0.224 e. The molecule has 0 fully saturated rings. The van der Waals surface area contributed by atoms with E-state index < -0.39 is 0 Å². The van der Waals surface area contributed by atoms with Crippen molar-refractivity contribution in [2.45, 2.75) is 6.92 Å². The number of nitriles is 1. The molecule has 0 saturated heterocycles. The summed E-state index contributed by atoms with van der Waals surface area (Å²) in [7, 11) is 3.41. The fourth-order valence-electron chi connectivity index (χ4n) is 1.68. The predicted molar refractivity (Wildman–Crippen MR) is 69.9 cm³/mol. The van der Waals surface area contributed by atoms with E-state index in [9.17, 15) is 4.79 Å². The number of amides is 1. The lowest BCUT2D eigenvalue weighted by atomic mass is 10.1. The number of rotatable bonds is 4. The molecule has 0 aliphatic heterocycles. The Morgan fingerprint density at radius 3 is 2.89 bits per heavy atom. The Bertz CT molecular complexity index is 480. The molecule has 6 nitrogen and oxygen atoms in total. The number of anilines is 2. The van der Waals surface area contributed by atoms with E-state index in [2.05, 4.69) is 10.3 Å². The lowest BCUT2D eigenvalue weighted by molar-refractivity contribution is -0.123. The molecule has 0 aromatic carbocycles. The van der Waals surface area contributed by atoms with Gasteiger partial charge in [-0.3, -0.25) is 4.79 Å². The van der Waals surface area contributed by atoms with Crippen LogP contribution in [0.4, 0.5) is 11.5 Å². The molecule has 0 spiro atoms. The van der Waals surface area contributed by atoms with E-state index in [1.54, 1.807) is 18.0 Å². The third-order valence-corrected chi connectivity index (χ3v) is 2.63. The fraction of sp³-hybridized carbons (Fsp3) is 0.417. The van der Waals surface area contributed by atoms with Crippen LogP contribution < -0.4 is 16.0 Å². The van der Waals surface area contributed by atoms with Gasteiger partial charge in [-0.15, -0.1) is 0 Å². The molecule has 96 valence electrons. The minimum absolute atomic E-state index is 0.0333. The summed E-state index contributed by atoms with van der Waals surface area (Å²) in [6.45, 7) is 2.33. The first kappa shape index (κ1) is 13.8. The Hall–Kier alpha value is -2.29. The number of aromatic nitrogens is 1. The molecule has 1 rings (SSSR count). The number of pyridine rings is 1. The Morgan fingerprint density at radius 1 is 1.72 bits per heavy atom. The normalized spacial score (nSPS) is 11.4. The van der Waals surface area contributed by atoms with Crippen molar-refractivity contribution < 1.29 is 4.79 Å². The maximum Gasteiger partial charge on any atom is 0.224 e. The number of carbonyl (C=O) groups excluding carboxylic acids is 1. The molecule has 1 heterocycles. The Balaban J connectivity index is 2.82. The molecule has 1 unspecified atom stereocenters. The largest absolute Gasteiger partial charge is 0.396 e. The average molecular weight is 247 g/mol. The van der Waals surface area contributed by atoms with Crippen LogP contribution in [-0.4, -0.2) is 31.5 Å². The van der Waals surface area contributed by atoms with E-state index in [-0.39, 0.29) is 11.8 Å². The monoisotopic (exact) mass is 247 g/mol. The van der Waals surface area contributed by atoms with Crippen molar-refractivity contribution in [1.29, 1.82) is 5.26 Å². The van der Waals surface area contributed by atoms with Crippen molar-refractivity contribution in [3.8, 4) is 6.07 Å². The van der Waals surface area contributed by atoms with Crippen LogP contribution >= 0.6 is 0 Å². The van der Waals surface area contributed by atoms with Gasteiger partial charge < -0.3 is 16.0 Å². The Morgan fingerprint density at radius 2 is 2.39 bits per heavy atom. The van der Waals surface area contributed by atoms with Crippen molar-refractivity contribution >= 4 is 17.4 Å². The minimum atomic E-state index is -0.170. The number of nitrogens with two attached hydrogens (primary N) is 1. The molecule has 0 saturated carbocycles. The van der Waals surface area contributed by atoms with Crippen LogP contribution in [0.2, 0.25) is 0 Å². The average Bonchev–Trinajstić information content (AvgIpc) is 2.37. The van der Waals surface area contributed by atoms with Gasteiger partial charge in [-0.05, 0) is 6.07 Å². The molecular weight excluding hydrogens is 230 g/mol. The highest BCUT2D eigenvalue weighted by Crippen LogP contribution is 2.20. The second-order valence-electron chi connectivity index (χ2n) is 4.14. The van der Waals surface area contributed by atoms with Crippen molar-refractivity contribution in [3.05, 3.63) is 17.8 Å². The van der Waals surface area contributed by atoms with E-state index in [0.29, 0.717) is 23.6 Å². The molecule has 1 atom stereocenters. The summed E-state index contributed by atoms with van der Waals surface area (Å²) in [5, 5.41) is 11.3. The van der Waals surface area contributed by atoms with Crippen molar-refractivity contribution in [3.63, 3.8) is 0 Å². The molecule has 3 N–H and O–H groups in total. The van der Waals surface area contributed by atoms with Gasteiger partial charge in [-0.1, -0.05) is 6.92 Å². The van der Waals surface area contributed by atoms with Crippen LogP contribution in [0.25, 0.3) is 0 Å². The number of carbonyl (C=O) groups is 1. The summed E-state index contributed by atoms with van der Waals surface area (Å²) in [4.78, 5) is 17.4. The number of hydrogen-bond acceptors (Lipinski definition) is 5. The van der Waals surface area contributed by atoms with E-state index in [1.807, 2.05) is 20.0 Å². The zero-order valence-corrected chi connectivity index (χ0v) is 10.8. The SMILES string of the molecule is CNC(=O)C(C)CN(C)c1ncc(C#N)cc1N. The lowest BCUT2D eigenvalue weighted by Gasteiger charge is -2.22. The third-order valence-electron chi connectivity index (χ3n) is 2.63. The third kappa shape index (κ3) is 3.10. The van der Waals surface area contributed by atoms with Gasteiger partial charge in [0.15, 0.2) is 5.82 Å². The molecule has 6 heteroatoms. The fourth-order valence-corrected chi connectivity index (χ4v) is 1.68. The maximum absolute atomic E-state index is 11.4. The van der Waals surface area contributed by atoms with Gasteiger partial charge in [0.25, 0.3) is 0 Å². The molecule has 0 aliphatic rings. The number of nitrogens with zero attached hydrogens (tertiary/aromatic N) is 3. The van der Waals surface area contributed by atoms with E-state index >= 15 is 0 Å². The van der Waals surface area contributed by atoms with Crippen molar-refractivity contribution in [2.24, 2.45) is 5.92 Å². The van der Waals surface area contributed by atoms with Gasteiger partial charge in [-0.25, -0.2) is 4.98 Å². The van der Waals surface area contributed by atoms with E-state index in [1.165, 1.54) is 6.20 Å². The molecule has 0 bridgehead atoms. The van der Waals surface area contributed by atoms with Crippen molar-refractivity contribution in [2.75, 3.05) is 31.3 Å². The molecular formula is C12H17N5O. The van der Waals surface area contributed by atoms with Crippen molar-refractivity contribution in [1.82, 2.24) is 10.3 Å². The second-order valence-corrected chi connectivity index (χ2v) is 4.14. The molecule has 18 heavy (non-hydrogen) atoms. The van der Waals surface area contributed by atoms with E-state index in [4.69, 9.17) is 11.0 Å². The predicted octanol–water partition coefficient (Wildman–Crippen LogP) is 0.354. The van der Waals surface area contributed by atoms with Crippen LogP contribution in [0.3, 0.4) is 0 Å². The number of nitrogen functional groups attached to an aromatic ring is 1. The van der Waals surface area contributed by atoms with Crippen LogP contribution in [0.5, 0.6) is 0 Å². The first-order valence-corrected chi connectivity index (χ1v) is 5.58. The molecule has 0 aliphatic carbocycles. The second kappa shape index (κ2) is 5.87. The van der Waals surface area contributed by atoms with E-state index in [0.717, 1.165) is 0 Å². The highest BCUT2D eigenvalue weighted by Gasteiger charge is 2.16. The van der Waals surface area contributed by atoms with Gasteiger partial charge in [0, 0.05) is 26.8 Å². The summed E-state index contributed by atoms with van der Waals surface area (Å²) in [5.41, 5.74) is 6.68. The minimum Gasteiger partial charge on any atom is -0.396 e. The standard InChI is InChI=1S/C12H17N5O/c1-8(12(18)15-2)7-17(3)11-10(14)4-9(5-13)6-16-11/h4,6,8H,7,14H2,1-3H3,(H,15,18). The van der Waals surface area contributed by atoms with Crippen LogP contribution in [0.1, 0.15) is 12.5 Å². The molecule has 1 aromatic heterocycles. The summed E-state index contributed by atoms with van der Waals surface area (Å²) in [6.07, 6.45) is 1.47. The van der Waals surface area contributed by atoms with Gasteiger partial charge in [0.05, 0.1) is 17.2 Å². The summed E-state index contributed by atoms with van der Waals surface area (Å²) in [5.74, 6) is 0.371. The summed E-state index contributed by atoms with van der Waals surface area (Å²) in [6, 6.07) is 3.55. The van der Waals surface area contributed by atoms with Crippen LogP contribution in [-0.2, 0) is 4.79 Å². The summed E-state index contributed by atoms with van der Waals surface area (Å²) >= 11 is 0. The number of hydrogen-bond donors (Lipinski definition) is 2. The van der Waals surface area contributed by atoms with Gasteiger partial charge >= 0.3 is 0 Å². The zero-order chi connectivity index (χ0) is 13.7. The Kier molecular flexibility index (Phi) is 4.49. The lowest BCUT2D eigenvalue weighted by Crippen LogP contribution is -2.35. The van der Waals surface area contributed by atoms with Crippen LogP contribution in [0, 0.1) is 17.2 Å². The highest BCUT2D eigenvalue weighted by molar-refractivity contribution is 5.78.